The molecule has 50 atom stereocenters. The molecule has 0 aromatic heterocycles. The first-order chi connectivity index (χ1) is 59.1. The Hall–Kier alpha value is -4.45. The van der Waals surface area contributed by atoms with Gasteiger partial charge >= 0.3 is 0 Å². The first kappa shape index (κ1) is 103. The quantitative estimate of drug-likeness (QED) is 0.0297. The van der Waals surface area contributed by atoms with Crippen LogP contribution in [0.5, 0.6) is 0 Å². The van der Waals surface area contributed by atoms with Gasteiger partial charge in [0.15, 0.2) is 62.9 Å². The smallest absolute Gasteiger partial charge is 0.217 e. The van der Waals surface area contributed by atoms with Crippen LogP contribution in [0.25, 0.3) is 0 Å². The fourth-order valence-electron chi connectivity index (χ4n) is 16.2. The molecule has 0 radical (unpaired) electrons. The molecule has 10 heterocycles. The van der Waals surface area contributed by atoms with Crippen molar-refractivity contribution in [1.29, 1.82) is 0 Å². The lowest BCUT2D eigenvalue weighted by Crippen LogP contribution is -2.71. The summed E-state index contributed by atoms with van der Waals surface area (Å²) in [5, 5.41) is 304. The molecular weight excluding hydrogens is 1710 g/mol. The fraction of sp³-hybridized carbons (Fsp3) is 0.929. The van der Waals surface area contributed by atoms with Crippen molar-refractivity contribution in [2.75, 3.05) is 59.5 Å². The van der Waals surface area contributed by atoms with Crippen molar-refractivity contribution >= 4 is 29.5 Å². The number of rotatable bonds is 32. The van der Waals surface area contributed by atoms with Crippen molar-refractivity contribution < 1.29 is 247 Å². The molecule has 0 aliphatic carbocycles. The lowest BCUT2D eigenvalue weighted by atomic mass is 9.93. The standard InChI is InChI=1S/C70H117N5O50/c1-16-36(88)47(99)51(103)66(109-16)107-15-30-57(43(95)31(61(106)110-30)71-17(2)83)120-63-33(73-19(4)85)45(97)56(28(13-82)115-63)122-68-53(105)58(123-70-60(50(102)40(92)25(10-79)114-70)125-65-35(75-21(6)87)46(98)55(27(12-81)117-65)121-67-52(104)48(100)38(90)23(8-77)112-67)41(93)29(118-68)14-108-69-59(49(101)39(91)24(9-78)113-69)124-64-34(74-20(5)86)44(96)54(26(11-80)116-64)119-62-32(72-18(3)84)42(94)37(89)22(7-76)111-62/h16,22-70,76-82,88-106H,7-15H2,1-6H3,(H,71,83)(H,72,84)(H,73,85)(H,74,86)(H,75,87)/t16-,22-,23-,24-,25-,26-,27-,28-,29-,30-,31-,32-,33-,34-,35+,36+,37+,38+,39-,40-,41-,42-,43-,44-,45-,46-,47+,48+,49+,50+,51-,52-,53+,54-,55-,56-,57-,58+,59+,60+,61-,62+,63+,64+,65+,66+,67+,68+,69+,70-/m1/s1. The predicted molar refractivity (Wildman–Crippen MR) is 386 cm³/mol. The Balaban J connectivity index is 0.987. The van der Waals surface area contributed by atoms with Crippen LogP contribution < -0.4 is 26.6 Å². The average Bonchev–Trinajstić information content (AvgIpc) is 0.767. The summed E-state index contributed by atoms with van der Waals surface area (Å²) in [7, 11) is 0. The van der Waals surface area contributed by atoms with E-state index in [2.05, 4.69) is 26.6 Å². The van der Waals surface area contributed by atoms with Crippen LogP contribution in [0.15, 0.2) is 0 Å². The first-order valence-corrected chi connectivity index (χ1v) is 40.0. The van der Waals surface area contributed by atoms with Crippen LogP contribution in [0, 0.1) is 0 Å². The Morgan fingerprint density at radius 2 is 0.496 bits per heavy atom. The van der Waals surface area contributed by atoms with Gasteiger partial charge in [-0.25, -0.2) is 0 Å². The third kappa shape index (κ3) is 23.1. The van der Waals surface area contributed by atoms with Gasteiger partial charge in [0.1, 0.15) is 238 Å². The van der Waals surface area contributed by atoms with Gasteiger partial charge in [0.2, 0.25) is 29.5 Å². The Morgan fingerprint density at radius 3 is 0.912 bits per heavy atom. The zero-order chi connectivity index (χ0) is 92.1. The summed E-state index contributed by atoms with van der Waals surface area (Å²) in [4.78, 5) is 64.2. The van der Waals surface area contributed by atoms with Gasteiger partial charge in [0, 0.05) is 34.6 Å². The lowest BCUT2D eigenvalue weighted by Gasteiger charge is -2.51. The molecule has 10 aliphatic rings. The van der Waals surface area contributed by atoms with Crippen molar-refractivity contribution in [2.24, 2.45) is 0 Å². The number of carbonyl (C=O) groups is 5. The van der Waals surface area contributed by atoms with Crippen LogP contribution >= 0.6 is 0 Å². The van der Waals surface area contributed by atoms with Gasteiger partial charge in [-0.1, -0.05) is 0 Å². The van der Waals surface area contributed by atoms with E-state index >= 15 is 0 Å². The first-order valence-electron chi connectivity index (χ1n) is 40.0. The summed E-state index contributed by atoms with van der Waals surface area (Å²) in [5.41, 5.74) is 0. The Kier molecular flexibility index (Phi) is 36.8. The van der Waals surface area contributed by atoms with Gasteiger partial charge in [0.25, 0.3) is 0 Å². The number of nitrogens with one attached hydrogen (secondary N) is 5. The van der Waals surface area contributed by atoms with Crippen molar-refractivity contribution in [3.8, 4) is 0 Å². The van der Waals surface area contributed by atoms with Gasteiger partial charge < -0.3 is 249 Å². The Morgan fingerprint density at radius 1 is 0.224 bits per heavy atom. The lowest BCUT2D eigenvalue weighted by molar-refractivity contribution is -0.399. The minimum atomic E-state index is -2.63. The molecule has 10 saturated heterocycles. The molecule has 0 bridgehead atoms. The highest BCUT2D eigenvalue weighted by molar-refractivity contribution is 5.75. The summed E-state index contributed by atoms with van der Waals surface area (Å²) in [6.07, 6.45) is -93.1. The molecule has 10 aliphatic heterocycles. The number of aliphatic hydroxyl groups excluding tert-OH is 26. The molecule has 0 spiro atoms. The zero-order valence-electron chi connectivity index (χ0n) is 67.7. The van der Waals surface area contributed by atoms with E-state index < -0.39 is 396 Å². The van der Waals surface area contributed by atoms with E-state index in [9.17, 15) is 157 Å². The van der Waals surface area contributed by atoms with E-state index in [4.69, 9.17) is 90.0 Å². The average molecular weight is 1830 g/mol. The van der Waals surface area contributed by atoms with E-state index in [-0.39, 0.29) is 0 Å². The monoisotopic (exact) mass is 1830 g/mol. The minimum Gasteiger partial charge on any atom is -0.394 e. The summed E-state index contributed by atoms with van der Waals surface area (Å²) in [6, 6.07) is -9.38. The topological polar surface area (TPSA) is 847 Å². The molecular formula is C70H117N5O50. The molecule has 10 rings (SSSR count). The van der Waals surface area contributed by atoms with Gasteiger partial charge in [-0.2, -0.15) is 0 Å². The van der Waals surface area contributed by atoms with Crippen molar-refractivity contribution in [3.05, 3.63) is 0 Å². The second kappa shape index (κ2) is 44.9. The largest absolute Gasteiger partial charge is 0.394 e. The highest BCUT2D eigenvalue weighted by atomic mass is 16.8. The molecule has 125 heavy (non-hydrogen) atoms. The van der Waals surface area contributed by atoms with Crippen LogP contribution in [0.3, 0.4) is 0 Å². The number of amides is 5. The van der Waals surface area contributed by atoms with E-state index in [1.807, 2.05) is 0 Å². The van der Waals surface area contributed by atoms with Gasteiger partial charge in [0.05, 0.1) is 65.6 Å². The normalized spacial score (nSPS) is 48.7. The van der Waals surface area contributed by atoms with Crippen LogP contribution in [0.1, 0.15) is 41.5 Å². The highest BCUT2D eigenvalue weighted by Gasteiger charge is 2.62. The maximum atomic E-state index is 13.3. The third-order valence-electron chi connectivity index (χ3n) is 22.8. The maximum absolute atomic E-state index is 13.3. The zero-order valence-corrected chi connectivity index (χ0v) is 67.7. The predicted octanol–water partition coefficient (Wildman–Crippen LogP) is -21.1. The summed E-state index contributed by atoms with van der Waals surface area (Å²) in [5.74, 6) is -4.58. The van der Waals surface area contributed by atoms with E-state index in [1.54, 1.807) is 0 Å². The number of ether oxygens (including phenoxy) is 19. The molecule has 0 saturated carbocycles. The third-order valence-corrected chi connectivity index (χ3v) is 22.8. The number of hydrogen-bond donors (Lipinski definition) is 31. The number of aliphatic hydroxyl groups is 26. The van der Waals surface area contributed by atoms with Crippen LogP contribution in [-0.2, 0) is 114 Å². The van der Waals surface area contributed by atoms with Gasteiger partial charge in [-0.15, -0.1) is 0 Å². The molecule has 55 heteroatoms. The SMILES string of the molecule is CC(=O)N[C@@H]1[C@H](O[C@@H]2[C@@H](O[C@@H]3[C@H](O)[C@H](O[C@H]4[C@H](O)[C@@H](NC(C)=O)[C@H](O[C@H]5[C@H](O)[C@@H](NC(C)=O)[C@H](O)O[C@@H]5CO[C@H]5O[C@H](C)[C@H](O)[C@H](O)[C@H]5O)O[C@@H]4CO)O[C@H](CO[C@H]4O[C@H](CO)[C@@H](O)[C@H](O)[C@@H]4O[C@@H]4O[C@H](CO)[C@@H](O[C@@H]5O[C@H](CO)[C@H](O)[C@H](O)[C@H]5NC(C)=O)[C@H](O)[C@H]4NC(C)=O)[C@H]3O)O[C@H](CO)[C@@H](O)[C@@H]2O)O[C@H](CO)[C@@H](O[C@@H]2O[C@H](CO)[C@H](O)[C@H](O)[C@H]2O)[C@@H]1O. The van der Waals surface area contributed by atoms with E-state index in [0.717, 1.165) is 34.6 Å². The van der Waals surface area contributed by atoms with E-state index in [1.165, 1.54) is 6.92 Å². The van der Waals surface area contributed by atoms with E-state index in [0.29, 0.717) is 0 Å². The molecule has 55 nitrogen and oxygen atoms in total. The molecule has 5 amide bonds. The molecule has 0 unspecified atom stereocenters. The fourth-order valence-corrected chi connectivity index (χ4v) is 16.2. The van der Waals surface area contributed by atoms with Crippen LogP contribution in [-0.4, -0.2) is 529 Å². The summed E-state index contributed by atoms with van der Waals surface area (Å²) >= 11 is 0. The summed E-state index contributed by atoms with van der Waals surface area (Å²) in [6.45, 7) is -3.85. The van der Waals surface area contributed by atoms with Gasteiger partial charge in [-0.05, 0) is 6.92 Å². The number of hydrogen-bond acceptors (Lipinski definition) is 50. The van der Waals surface area contributed by atoms with Crippen molar-refractivity contribution in [3.63, 3.8) is 0 Å². The van der Waals surface area contributed by atoms with Crippen LogP contribution in [0.4, 0.5) is 0 Å². The number of carbonyl (C=O) groups excluding carboxylic acids is 5. The second-order valence-corrected chi connectivity index (χ2v) is 31.7. The minimum absolute atomic E-state index is 0.810. The second-order valence-electron chi connectivity index (χ2n) is 31.7. The van der Waals surface area contributed by atoms with Crippen molar-refractivity contribution in [2.45, 2.75) is 348 Å². The van der Waals surface area contributed by atoms with Crippen molar-refractivity contribution in [1.82, 2.24) is 26.6 Å². The Bertz CT molecular complexity index is 3420. The van der Waals surface area contributed by atoms with Crippen LogP contribution in [0.2, 0.25) is 0 Å². The summed E-state index contributed by atoms with van der Waals surface area (Å²) < 4.78 is 114. The molecule has 31 N–H and O–H groups in total. The Labute approximate surface area is 708 Å². The maximum Gasteiger partial charge on any atom is 0.217 e. The molecule has 10 fully saturated rings. The molecule has 722 valence electrons. The molecule has 0 aromatic carbocycles. The molecule has 0 aromatic rings. The highest BCUT2D eigenvalue weighted by Crippen LogP contribution is 2.41. The van der Waals surface area contributed by atoms with Gasteiger partial charge in [-0.3, -0.25) is 24.0 Å².